The van der Waals surface area contributed by atoms with Crippen LogP contribution < -0.4 is 5.32 Å². The maximum Gasteiger partial charge on any atom is 0.253 e. The second kappa shape index (κ2) is 6.39. The molecular formula is C16H20N2O2. The number of hydrogen-bond acceptors (Lipinski definition) is 2. The van der Waals surface area contributed by atoms with Gasteiger partial charge in [0.1, 0.15) is 0 Å². The Bertz CT molecular complexity index is 629. The van der Waals surface area contributed by atoms with Gasteiger partial charge >= 0.3 is 0 Å². The van der Waals surface area contributed by atoms with Gasteiger partial charge in [0, 0.05) is 37.3 Å². The Morgan fingerprint density at radius 3 is 2.95 bits per heavy atom. The van der Waals surface area contributed by atoms with Crippen LogP contribution in [0.3, 0.4) is 0 Å². The van der Waals surface area contributed by atoms with Crippen LogP contribution in [0.1, 0.15) is 22.8 Å². The summed E-state index contributed by atoms with van der Waals surface area (Å²) in [6, 6.07) is 6.00. The molecule has 2 aromatic rings. The van der Waals surface area contributed by atoms with Crippen molar-refractivity contribution in [1.82, 2.24) is 9.88 Å². The Balaban J connectivity index is 2.38. The third kappa shape index (κ3) is 2.75. The molecule has 1 N–H and O–H groups in total. The molecule has 0 atom stereocenters. The summed E-state index contributed by atoms with van der Waals surface area (Å²) < 4.78 is 7.02. The van der Waals surface area contributed by atoms with Crippen LogP contribution in [0.15, 0.2) is 31.0 Å². The van der Waals surface area contributed by atoms with E-state index in [4.69, 9.17) is 4.74 Å². The molecule has 4 nitrogen and oxygen atoms in total. The third-order valence-corrected chi connectivity index (χ3v) is 3.32. The van der Waals surface area contributed by atoms with Crippen molar-refractivity contribution >= 4 is 22.9 Å². The Kier molecular flexibility index (Phi) is 4.58. The highest BCUT2D eigenvalue weighted by Gasteiger charge is 2.14. The smallest absolute Gasteiger partial charge is 0.253 e. The fourth-order valence-electron chi connectivity index (χ4n) is 2.24. The van der Waals surface area contributed by atoms with Crippen molar-refractivity contribution < 1.29 is 9.53 Å². The molecule has 0 spiro atoms. The maximum absolute atomic E-state index is 12.2. The Labute approximate surface area is 119 Å². The van der Waals surface area contributed by atoms with E-state index in [2.05, 4.69) is 29.5 Å². The van der Waals surface area contributed by atoms with Crippen molar-refractivity contribution in [2.45, 2.75) is 13.5 Å². The van der Waals surface area contributed by atoms with E-state index in [9.17, 15) is 4.79 Å². The number of fused-ring (bicyclic) bond motifs is 1. The molecule has 20 heavy (non-hydrogen) atoms. The zero-order chi connectivity index (χ0) is 14.5. The number of amides is 1. The van der Waals surface area contributed by atoms with Crippen LogP contribution in [-0.4, -0.2) is 30.7 Å². The van der Waals surface area contributed by atoms with E-state index in [-0.39, 0.29) is 5.91 Å². The number of benzene rings is 1. The first-order chi connectivity index (χ1) is 9.71. The number of ether oxygens (including phenoxy) is 1. The lowest BCUT2D eigenvalue weighted by molar-refractivity contribution is 0.0938. The minimum atomic E-state index is -0.0643. The number of carbonyl (C=O) groups is 1. The normalized spacial score (nSPS) is 10.7. The molecule has 1 aromatic heterocycles. The number of hydrogen-bond donors (Lipinski definition) is 1. The molecule has 1 aromatic carbocycles. The summed E-state index contributed by atoms with van der Waals surface area (Å²) in [6.07, 6.45) is 3.71. The van der Waals surface area contributed by atoms with Crippen molar-refractivity contribution in [2.75, 3.05) is 20.3 Å². The van der Waals surface area contributed by atoms with Gasteiger partial charge in [0.05, 0.1) is 12.2 Å². The summed E-state index contributed by atoms with van der Waals surface area (Å²) in [5.74, 6) is -0.0643. The molecular weight excluding hydrogens is 252 g/mol. The van der Waals surface area contributed by atoms with Gasteiger partial charge in [0.25, 0.3) is 5.91 Å². The monoisotopic (exact) mass is 272 g/mol. The standard InChI is InChI=1S/C16H20N2O2/c1-4-12-6-7-13-14(16(19)17-8-9-20-3)11-18(5-2)15(13)10-12/h4,6-7,10-11H,1,5,8-9H2,2-3H3,(H,17,19). The van der Waals surface area contributed by atoms with Gasteiger partial charge < -0.3 is 14.6 Å². The van der Waals surface area contributed by atoms with Crippen LogP contribution in [0.25, 0.3) is 17.0 Å². The van der Waals surface area contributed by atoms with Gasteiger partial charge in [0.2, 0.25) is 0 Å². The molecule has 1 amide bonds. The summed E-state index contributed by atoms with van der Waals surface area (Å²) in [7, 11) is 1.62. The summed E-state index contributed by atoms with van der Waals surface area (Å²) in [5.41, 5.74) is 2.81. The van der Waals surface area contributed by atoms with Gasteiger partial charge in [-0.25, -0.2) is 0 Å². The largest absolute Gasteiger partial charge is 0.383 e. The molecule has 0 aliphatic carbocycles. The summed E-state index contributed by atoms with van der Waals surface area (Å²) >= 11 is 0. The SMILES string of the molecule is C=Cc1ccc2c(C(=O)NCCOC)cn(CC)c2c1. The number of rotatable bonds is 6. The predicted molar refractivity (Wildman–Crippen MR) is 81.9 cm³/mol. The first-order valence-corrected chi connectivity index (χ1v) is 6.73. The fourth-order valence-corrected chi connectivity index (χ4v) is 2.24. The first-order valence-electron chi connectivity index (χ1n) is 6.73. The van der Waals surface area contributed by atoms with E-state index < -0.39 is 0 Å². The third-order valence-electron chi connectivity index (χ3n) is 3.32. The zero-order valence-electron chi connectivity index (χ0n) is 12.0. The predicted octanol–water partition coefficient (Wildman–Crippen LogP) is 2.68. The van der Waals surface area contributed by atoms with Gasteiger partial charge in [-0.15, -0.1) is 0 Å². The molecule has 0 aliphatic heterocycles. The molecule has 0 radical (unpaired) electrons. The Hall–Kier alpha value is -2.07. The van der Waals surface area contributed by atoms with E-state index >= 15 is 0 Å². The second-order valence-corrected chi connectivity index (χ2v) is 4.56. The second-order valence-electron chi connectivity index (χ2n) is 4.56. The van der Waals surface area contributed by atoms with Crippen LogP contribution in [0.2, 0.25) is 0 Å². The van der Waals surface area contributed by atoms with E-state index in [1.807, 2.05) is 24.4 Å². The molecule has 0 bridgehead atoms. The molecule has 0 aliphatic rings. The molecule has 0 fully saturated rings. The van der Waals surface area contributed by atoms with Crippen molar-refractivity contribution in [1.29, 1.82) is 0 Å². The van der Waals surface area contributed by atoms with Gasteiger partial charge in [-0.1, -0.05) is 24.8 Å². The number of aromatic nitrogens is 1. The van der Waals surface area contributed by atoms with Crippen LogP contribution >= 0.6 is 0 Å². The van der Waals surface area contributed by atoms with E-state index in [1.165, 1.54) is 0 Å². The maximum atomic E-state index is 12.2. The van der Waals surface area contributed by atoms with Crippen molar-refractivity contribution in [2.24, 2.45) is 0 Å². The molecule has 0 unspecified atom stereocenters. The zero-order valence-corrected chi connectivity index (χ0v) is 12.0. The minimum absolute atomic E-state index is 0.0643. The van der Waals surface area contributed by atoms with Gasteiger partial charge in [-0.05, 0) is 18.6 Å². The van der Waals surface area contributed by atoms with E-state index in [0.717, 1.165) is 23.0 Å². The highest BCUT2D eigenvalue weighted by Crippen LogP contribution is 2.23. The average Bonchev–Trinajstić information content (AvgIpc) is 2.85. The number of nitrogens with zero attached hydrogens (tertiary/aromatic N) is 1. The summed E-state index contributed by atoms with van der Waals surface area (Å²) in [4.78, 5) is 12.2. The highest BCUT2D eigenvalue weighted by molar-refractivity contribution is 6.07. The molecule has 0 saturated carbocycles. The molecule has 4 heteroatoms. The molecule has 0 saturated heterocycles. The lowest BCUT2D eigenvalue weighted by Crippen LogP contribution is -2.26. The van der Waals surface area contributed by atoms with Crippen molar-refractivity contribution in [3.8, 4) is 0 Å². The summed E-state index contributed by atoms with van der Waals surface area (Å²) in [5, 5.41) is 3.83. The number of methoxy groups -OCH3 is 1. The molecule has 106 valence electrons. The van der Waals surface area contributed by atoms with Crippen LogP contribution in [-0.2, 0) is 11.3 Å². The van der Waals surface area contributed by atoms with Crippen molar-refractivity contribution in [3.63, 3.8) is 0 Å². The van der Waals surface area contributed by atoms with E-state index in [1.54, 1.807) is 7.11 Å². The van der Waals surface area contributed by atoms with E-state index in [0.29, 0.717) is 18.7 Å². The number of nitrogens with one attached hydrogen (secondary N) is 1. The lowest BCUT2D eigenvalue weighted by atomic mass is 10.1. The molecule has 2 rings (SSSR count). The molecule has 1 heterocycles. The van der Waals surface area contributed by atoms with Crippen LogP contribution in [0.5, 0.6) is 0 Å². The topological polar surface area (TPSA) is 43.3 Å². The number of aryl methyl sites for hydroxylation is 1. The Morgan fingerprint density at radius 1 is 1.50 bits per heavy atom. The first kappa shape index (κ1) is 14.3. The lowest BCUT2D eigenvalue weighted by Gasteiger charge is -2.03. The van der Waals surface area contributed by atoms with Gasteiger partial charge in [0.15, 0.2) is 0 Å². The quantitative estimate of drug-likeness (QED) is 0.822. The fraction of sp³-hybridized carbons (Fsp3) is 0.312. The average molecular weight is 272 g/mol. The van der Waals surface area contributed by atoms with Gasteiger partial charge in [-0.3, -0.25) is 4.79 Å². The number of carbonyl (C=O) groups excluding carboxylic acids is 1. The van der Waals surface area contributed by atoms with Crippen molar-refractivity contribution in [3.05, 3.63) is 42.1 Å². The van der Waals surface area contributed by atoms with Crippen LogP contribution in [0, 0.1) is 0 Å². The Morgan fingerprint density at radius 2 is 2.30 bits per heavy atom. The summed E-state index contributed by atoms with van der Waals surface area (Å²) in [6.45, 7) is 7.69. The minimum Gasteiger partial charge on any atom is -0.383 e. The van der Waals surface area contributed by atoms with Crippen LogP contribution in [0.4, 0.5) is 0 Å². The van der Waals surface area contributed by atoms with Gasteiger partial charge in [-0.2, -0.15) is 0 Å². The highest BCUT2D eigenvalue weighted by atomic mass is 16.5.